The summed E-state index contributed by atoms with van der Waals surface area (Å²) in [5, 5.41) is 0. The highest BCUT2D eigenvalue weighted by Gasteiger charge is 2.28. The minimum Gasteiger partial charge on any atom is -0.311 e. The van der Waals surface area contributed by atoms with Gasteiger partial charge in [-0.15, -0.1) is 31.5 Å². The van der Waals surface area contributed by atoms with Crippen LogP contribution in [0.1, 0.15) is 0 Å². The molecule has 0 fully saturated rings. The third-order valence-electron chi connectivity index (χ3n) is 7.50. The fourth-order valence-electron chi connectivity index (χ4n) is 5.73. The molecule has 0 radical (unpaired) electrons. The molecule has 0 aromatic heterocycles. The lowest BCUT2D eigenvalue weighted by Crippen LogP contribution is -2.31. The van der Waals surface area contributed by atoms with Crippen molar-refractivity contribution in [2.75, 3.05) is 14.7 Å². The van der Waals surface area contributed by atoms with Crippen molar-refractivity contribution in [3.05, 3.63) is 158 Å². The number of rotatable bonds is 4. The van der Waals surface area contributed by atoms with E-state index in [0.717, 1.165) is 56.6 Å². The minimum atomic E-state index is -0.108. The number of fused-ring (bicyclic) bond motifs is 6. The predicted octanol–water partition coefficient (Wildman–Crippen LogP) is 10.9. The van der Waals surface area contributed by atoms with Crippen LogP contribution in [0.3, 0.4) is 0 Å². The summed E-state index contributed by atoms with van der Waals surface area (Å²) < 4.78 is -0.108. The van der Waals surface area contributed by atoms with Crippen molar-refractivity contribution in [3.63, 3.8) is 0 Å². The molecule has 0 unspecified atom stereocenters. The van der Waals surface area contributed by atoms with Crippen molar-refractivity contribution in [3.8, 4) is 0 Å². The molecule has 6 bridgehead atoms. The van der Waals surface area contributed by atoms with Gasteiger partial charge in [-0.2, -0.15) is 0 Å². The second kappa shape index (κ2) is 11.6. The van der Waals surface area contributed by atoms with Crippen molar-refractivity contribution >= 4 is 92.5 Å². The van der Waals surface area contributed by atoms with Crippen molar-refractivity contribution in [2.24, 2.45) is 0 Å². The molecule has 7 rings (SSSR count). The Kier molecular flexibility index (Phi) is 7.33. The smallest absolute Gasteiger partial charge is 0.311 e. The minimum absolute atomic E-state index is 0.108. The Labute approximate surface area is 263 Å². The number of para-hydroxylation sites is 3. The average molecular weight is 671 g/mol. The predicted molar refractivity (Wildman–Crippen MR) is 187 cm³/mol. The summed E-state index contributed by atoms with van der Waals surface area (Å²) >= 11 is 7.86. The first-order chi connectivity index (χ1) is 20.7. The highest BCUT2D eigenvalue weighted by molar-refractivity contribution is 9.49. The molecule has 6 heteroatoms. The van der Waals surface area contributed by atoms with Crippen LogP contribution in [0.4, 0.5) is 51.2 Å². The topological polar surface area (TPSA) is 9.72 Å². The van der Waals surface area contributed by atoms with Gasteiger partial charge in [-0.05, 0) is 90.4 Å². The first-order valence-corrected chi connectivity index (χ1v) is 15.7. The maximum atomic E-state index is 3.93. The Morgan fingerprint density at radius 1 is 0.333 bits per heavy atom. The second-order valence-corrected chi connectivity index (χ2v) is 13.1. The Hall–Kier alpha value is -4.26. The lowest BCUT2D eigenvalue weighted by atomic mass is 9.88. The fourth-order valence-corrected chi connectivity index (χ4v) is 6.67. The van der Waals surface area contributed by atoms with Crippen molar-refractivity contribution in [1.29, 1.82) is 0 Å². The fraction of sp³-hybridized carbons (Fsp3) is 0. The number of hydrogen-bond donors (Lipinski definition) is 0. The second-order valence-electron chi connectivity index (χ2n) is 10.1. The third kappa shape index (κ3) is 4.91. The van der Waals surface area contributed by atoms with E-state index in [1.54, 1.807) is 0 Å². The first kappa shape index (κ1) is 26.6. The molecule has 0 spiro atoms. The molecule has 6 aromatic rings. The molecular weight excluding hydrogens is 645 g/mol. The van der Waals surface area contributed by atoms with E-state index in [0.29, 0.717) is 0 Å². The maximum absolute atomic E-state index is 3.93. The highest BCUT2D eigenvalue weighted by atomic mass is 79.9. The SMILES string of the molecule is BrB(Br)c1c2cccc1N(c1ccccc1)c1cccc(c1)N(c1ccccc1)c1cccc(c1)N2c1ccccc1. The number of benzene rings is 6. The van der Waals surface area contributed by atoms with E-state index in [4.69, 9.17) is 0 Å². The Morgan fingerprint density at radius 2 is 0.643 bits per heavy atom. The molecule has 0 saturated heterocycles. The van der Waals surface area contributed by atoms with Crippen LogP contribution in [0.25, 0.3) is 0 Å². The van der Waals surface area contributed by atoms with E-state index in [1.807, 2.05) is 0 Å². The quantitative estimate of drug-likeness (QED) is 0.173. The van der Waals surface area contributed by atoms with Crippen molar-refractivity contribution in [2.45, 2.75) is 0 Å². The number of halogens is 2. The van der Waals surface area contributed by atoms with E-state index >= 15 is 0 Å². The van der Waals surface area contributed by atoms with Gasteiger partial charge in [-0.1, -0.05) is 72.8 Å². The molecule has 6 aromatic carbocycles. The zero-order chi connectivity index (χ0) is 28.5. The first-order valence-electron chi connectivity index (χ1n) is 13.9. The normalized spacial score (nSPS) is 12.4. The van der Waals surface area contributed by atoms with E-state index in [-0.39, 0.29) is 4.36 Å². The van der Waals surface area contributed by atoms with Gasteiger partial charge in [-0.3, -0.25) is 0 Å². The zero-order valence-electron chi connectivity index (χ0n) is 22.7. The number of nitrogens with zero attached hydrogens (tertiary/aromatic N) is 3. The monoisotopic (exact) mass is 669 g/mol. The molecule has 0 amide bonds. The van der Waals surface area contributed by atoms with Crippen LogP contribution in [0, 0.1) is 0 Å². The Morgan fingerprint density at radius 3 is 1.02 bits per heavy atom. The summed E-state index contributed by atoms with van der Waals surface area (Å²) in [4.78, 5) is 7.02. The van der Waals surface area contributed by atoms with Gasteiger partial charge in [0, 0.05) is 51.2 Å². The summed E-state index contributed by atoms with van der Waals surface area (Å²) in [6.45, 7) is 0. The average Bonchev–Trinajstić information content (AvgIpc) is 3.03. The number of hydrogen-bond acceptors (Lipinski definition) is 3. The van der Waals surface area contributed by atoms with Crippen molar-refractivity contribution < 1.29 is 0 Å². The van der Waals surface area contributed by atoms with Gasteiger partial charge in [0.25, 0.3) is 0 Å². The maximum Gasteiger partial charge on any atom is 0.333 e. The lowest BCUT2D eigenvalue weighted by molar-refractivity contribution is 1.23. The van der Waals surface area contributed by atoms with Crippen LogP contribution in [-0.4, -0.2) is 4.36 Å². The summed E-state index contributed by atoms with van der Waals surface area (Å²) in [7, 11) is 0. The van der Waals surface area contributed by atoms with E-state index in [1.165, 1.54) is 0 Å². The van der Waals surface area contributed by atoms with E-state index in [9.17, 15) is 0 Å². The van der Waals surface area contributed by atoms with Gasteiger partial charge in [0.15, 0.2) is 0 Å². The zero-order valence-corrected chi connectivity index (χ0v) is 25.9. The third-order valence-corrected chi connectivity index (χ3v) is 8.41. The molecule has 42 heavy (non-hydrogen) atoms. The molecule has 3 nitrogen and oxygen atoms in total. The summed E-state index contributed by atoms with van der Waals surface area (Å²) in [6, 6.07) is 55.9. The van der Waals surface area contributed by atoms with Gasteiger partial charge in [0.05, 0.1) is 0 Å². The summed E-state index contributed by atoms with van der Waals surface area (Å²) in [5.41, 5.74) is 10.9. The van der Waals surface area contributed by atoms with Crippen molar-refractivity contribution in [1.82, 2.24) is 0 Å². The lowest BCUT2D eigenvalue weighted by Gasteiger charge is -2.35. The summed E-state index contributed by atoms with van der Waals surface area (Å²) in [6.07, 6.45) is 0. The molecule has 0 atom stereocenters. The summed E-state index contributed by atoms with van der Waals surface area (Å²) in [5.74, 6) is 0. The molecule has 1 aliphatic heterocycles. The molecule has 0 N–H and O–H groups in total. The largest absolute Gasteiger partial charge is 0.333 e. The molecule has 1 heterocycles. The van der Waals surface area contributed by atoms with Crippen LogP contribution >= 0.6 is 31.5 Å². The molecule has 0 saturated carbocycles. The molecule has 0 aliphatic carbocycles. The molecule has 1 aliphatic rings. The standard InChI is InChI=1S/C36H26BBr2N3/c38-37(39)36-34-23-12-24-35(36)42(29-17-8-3-9-18-29)33-22-11-20-31(26-33)40(27-13-4-1-5-14-27)30-19-10-21-32(25-30)41(34)28-15-6-2-7-16-28/h1-26H. The van der Waals surface area contributed by atoms with Crippen LogP contribution in [0.5, 0.6) is 0 Å². The van der Waals surface area contributed by atoms with E-state index in [2.05, 4.69) is 204 Å². The van der Waals surface area contributed by atoms with Gasteiger partial charge in [-0.25, -0.2) is 0 Å². The van der Waals surface area contributed by atoms with Gasteiger partial charge < -0.3 is 14.7 Å². The Balaban J connectivity index is 1.61. The van der Waals surface area contributed by atoms with Gasteiger partial charge >= 0.3 is 4.36 Å². The van der Waals surface area contributed by atoms with Crippen LogP contribution in [-0.2, 0) is 0 Å². The molecule has 202 valence electrons. The van der Waals surface area contributed by atoms with Gasteiger partial charge in [0.2, 0.25) is 0 Å². The Bertz CT molecular complexity index is 1720. The van der Waals surface area contributed by atoms with Crippen LogP contribution in [0.15, 0.2) is 158 Å². The van der Waals surface area contributed by atoms with E-state index < -0.39 is 0 Å². The number of anilines is 9. The van der Waals surface area contributed by atoms with Crippen LogP contribution in [0.2, 0.25) is 0 Å². The van der Waals surface area contributed by atoms with Gasteiger partial charge in [0.1, 0.15) is 0 Å². The highest BCUT2D eigenvalue weighted by Crippen LogP contribution is 2.45. The van der Waals surface area contributed by atoms with Crippen LogP contribution < -0.4 is 20.2 Å². The molecular formula is C36H26BBr2N3.